The molecule has 0 amide bonds. The first-order valence-corrected chi connectivity index (χ1v) is 5.70. The number of pyridine rings is 1. The van der Waals surface area contributed by atoms with Crippen molar-refractivity contribution in [3.8, 4) is 5.75 Å². The molecule has 80 valence electrons. The number of aryl methyl sites for hydroxylation is 1. The maximum Gasteiger partial charge on any atom is 0.173 e. The van der Waals surface area contributed by atoms with Gasteiger partial charge in [0.05, 0.1) is 6.04 Å². The van der Waals surface area contributed by atoms with Crippen LogP contribution in [0.25, 0.3) is 0 Å². The number of anilines is 1. The molecule has 1 fully saturated rings. The summed E-state index contributed by atoms with van der Waals surface area (Å²) >= 11 is 5.98. The van der Waals surface area contributed by atoms with E-state index in [9.17, 15) is 0 Å². The Morgan fingerprint density at radius 3 is 3.33 bits per heavy atom. The van der Waals surface area contributed by atoms with Crippen LogP contribution >= 0.6 is 11.6 Å². The van der Waals surface area contributed by atoms with Crippen molar-refractivity contribution in [1.82, 2.24) is 4.98 Å². The van der Waals surface area contributed by atoms with E-state index in [1.165, 1.54) is 12.8 Å². The summed E-state index contributed by atoms with van der Waals surface area (Å²) in [4.78, 5) is 6.71. The van der Waals surface area contributed by atoms with Crippen LogP contribution < -0.4 is 9.64 Å². The van der Waals surface area contributed by atoms with Gasteiger partial charge >= 0.3 is 0 Å². The van der Waals surface area contributed by atoms with Gasteiger partial charge in [-0.25, -0.2) is 4.98 Å². The summed E-state index contributed by atoms with van der Waals surface area (Å²) in [5, 5.41) is 0.558. The van der Waals surface area contributed by atoms with E-state index in [1.807, 2.05) is 13.0 Å². The Morgan fingerprint density at radius 2 is 2.47 bits per heavy atom. The molecule has 0 saturated carbocycles. The smallest absolute Gasteiger partial charge is 0.173 e. The third-order valence-corrected chi connectivity index (χ3v) is 3.37. The van der Waals surface area contributed by atoms with Crippen LogP contribution in [0.2, 0.25) is 5.15 Å². The van der Waals surface area contributed by atoms with Crippen LogP contribution in [-0.2, 0) is 0 Å². The van der Waals surface area contributed by atoms with Gasteiger partial charge in [-0.15, -0.1) is 0 Å². The van der Waals surface area contributed by atoms with E-state index in [0.717, 1.165) is 30.3 Å². The van der Waals surface area contributed by atoms with Crippen LogP contribution in [0.5, 0.6) is 5.75 Å². The molecule has 1 atom stereocenters. The highest BCUT2D eigenvalue weighted by atomic mass is 35.5. The van der Waals surface area contributed by atoms with Crippen molar-refractivity contribution < 1.29 is 4.74 Å². The van der Waals surface area contributed by atoms with Gasteiger partial charge in [0.15, 0.2) is 11.6 Å². The Kier molecular flexibility index (Phi) is 2.02. The highest BCUT2D eigenvalue weighted by Crippen LogP contribution is 2.39. The van der Waals surface area contributed by atoms with Crippen molar-refractivity contribution in [2.45, 2.75) is 25.8 Å². The molecule has 3 nitrogen and oxygen atoms in total. The van der Waals surface area contributed by atoms with Crippen molar-refractivity contribution in [3.63, 3.8) is 0 Å². The minimum absolute atomic E-state index is 0.503. The summed E-state index contributed by atoms with van der Waals surface area (Å²) < 4.78 is 5.76. The van der Waals surface area contributed by atoms with E-state index in [4.69, 9.17) is 16.3 Å². The molecule has 4 heteroatoms. The summed E-state index contributed by atoms with van der Waals surface area (Å²) in [6, 6.07) is 2.36. The number of rotatable bonds is 0. The maximum atomic E-state index is 5.98. The van der Waals surface area contributed by atoms with Gasteiger partial charge in [0.1, 0.15) is 11.8 Å². The predicted molar refractivity (Wildman–Crippen MR) is 59.8 cm³/mol. The molecule has 15 heavy (non-hydrogen) atoms. The van der Waals surface area contributed by atoms with Crippen molar-refractivity contribution in [3.05, 3.63) is 16.8 Å². The average molecular weight is 225 g/mol. The summed E-state index contributed by atoms with van der Waals surface area (Å²) in [7, 11) is 0. The fraction of sp³-hybridized carbons (Fsp3) is 0.545. The van der Waals surface area contributed by atoms with Gasteiger partial charge in [-0.3, -0.25) is 0 Å². The molecule has 0 N–H and O–H groups in total. The van der Waals surface area contributed by atoms with Gasteiger partial charge in [0.2, 0.25) is 0 Å². The molecule has 0 bridgehead atoms. The van der Waals surface area contributed by atoms with Crippen LogP contribution in [0, 0.1) is 6.92 Å². The van der Waals surface area contributed by atoms with Gasteiger partial charge in [-0.1, -0.05) is 11.6 Å². The zero-order chi connectivity index (χ0) is 10.4. The highest BCUT2D eigenvalue weighted by molar-refractivity contribution is 6.29. The lowest BCUT2D eigenvalue weighted by Crippen LogP contribution is -2.39. The molecular weight excluding hydrogens is 212 g/mol. The van der Waals surface area contributed by atoms with Crippen LogP contribution in [-0.4, -0.2) is 24.2 Å². The zero-order valence-corrected chi connectivity index (χ0v) is 9.42. The standard InChI is InChI=1S/C11H13ClN2O/c1-7-5-9(12)13-11-10(7)15-6-8-3-2-4-14(8)11/h5,8H,2-4,6H2,1H3. The van der Waals surface area contributed by atoms with E-state index >= 15 is 0 Å². The third kappa shape index (κ3) is 1.37. The lowest BCUT2D eigenvalue weighted by Gasteiger charge is -2.33. The molecule has 3 rings (SSSR count). The van der Waals surface area contributed by atoms with E-state index in [2.05, 4.69) is 9.88 Å². The number of nitrogens with zero attached hydrogens (tertiary/aromatic N) is 2. The lowest BCUT2D eigenvalue weighted by molar-refractivity contribution is 0.268. The Balaban J connectivity index is 2.12. The number of halogens is 1. The van der Waals surface area contributed by atoms with Gasteiger partial charge in [0, 0.05) is 6.54 Å². The molecule has 3 heterocycles. The van der Waals surface area contributed by atoms with Crippen LogP contribution in [0.4, 0.5) is 5.82 Å². The quantitative estimate of drug-likeness (QED) is 0.633. The van der Waals surface area contributed by atoms with E-state index < -0.39 is 0 Å². The third-order valence-electron chi connectivity index (χ3n) is 3.18. The number of ether oxygens (including phenoxy) is 1. The van der Waals surface area contributed by atoms with E-state index in [0.29, 0.717) is 11.2 Å². The maximum absolute atomic E-state index is 5.98. The lowest BCUT2D eigenvalue weighted by atomic mass is 10.2. The van der Waals surface area contributed by atoms with Gasteiger partial charge in [0.25, 0.3) is 0 Å². The van der Waals surface area contributed by atoms with Crippen molar-refractivity contribution in [2.75, 3.05) is 18.1 Å². The molecule has 1 aromatic heterocycles. The normalized spacial score (nSPS) is 23.3. The molecule has 0 aromatic carbocycles. The fourth-order valence-corrected chi connectivity index (χ4v) is 2.69. The largest absolute Gasteiger partial charge is 0.487 e. The molecule has 0 spiro atoms. The first-order chi connectivity index (χ1) is 7.25. The van der Waals surface area contributed by atoms with Crippen LogP contribution in [0.3, 0.4) is 0 Å². The molecule has 1 unspecified atom stereocenters. The molecule has 2 aliphatic rings. The van der Waals surface area contributed by atoms with Crippen molar-refractivity contribution in [1.29, 1.82) is 0 Å². The Labute approximate surface area is 94.0 Å². The Bertz CT molecular complexity index is 408. The summed E-state index contributed by atoms with van der Waals surface area (Å²) in [5.74, 6) is 1.85. The molecule has 1 saturated heterocycles. The predicted octanol–water partition coefficient (Wildman–Crippen LogP) is 2.40. The first kappa shape index (κ1) is 9.28. The second kappa shape index (κ2) is 3.27. The molecule has 0 aliphatic carbocycles. The van der Waals surface area contributed by atoms with Crippen molar-refractivity contribution in [2.24, 2.45) is 0 Å². The monoisotopic (exact) mass is 224 g/mol. The SMILES string of the molecule is Cc1cc(Cl)nc2c1OCC1CCCN21. The first-order valence-electron chi connectivity index (χ1n) is 5.32. The fourth-order valence-electron chi connectivity index (χ4n) is 2.45. The van der Waals surface area contributed by atoms with Crippen molar-refractivity contribution >= 4 is 17.4 Å². The number of fused-ring (bicyclic) bond motifs is 3. The van der Waals surface area contributed by atoms with Gasteiger partial charge < -0.3 is 9.64 Å². The summed E-state index contributed by atoms with van der Waals surface area (Å²) in [5.41, 5.74) is 1.08. The second-order valence-electron chi connectivity index (χ2n) is 4.22. The molecule has 0 radical (unpaired) electrons. The zero-order valence-electron chi connectivity index (χ0n) is 8.66. The van der Waals surface area contributed by atoms with E-state index in [1.54, 1.807) is 0 Å². The highest BCUT2D eigenvalue weighted by Gasteiger charge is 2.33. The van der Waals surface area contributed by atoms with Crippen LogP contribution in [0.15, 0.2) is 6.07 Å². The average Bonchev–Trinajstić information content (AvgIpc) is 2.65. The van der Waals surface area contributed by atoms with Crippen LogP contribution in [0.1, 0.15) is 18.4 Å². The second-order valence-corrected chi connectivity index (χ2v) is 4.60. The van der Waals surface area contributed by atoms with Gasteiger partial charge in [-0.05, 0) is 31.4 Å². The minimum Gasteiger partial charge on any atom is -0.487 e. The Hall–Kier alpha value is -0.960. The topological polar surface area (TPSA) is 25.4 Å². The summed E-state index contributed by atoms with van der Waals surface area (Å²) in [6.07, 6.45) is 2.42. The number of hydrogen-bond donors (Lipinski definition) is 0. The minimum atomic E-state index is 0.503. The molecule has 1 aromatic rings. The van der Waals surface area contributed by atoms with E-state index in [-0.39, 0.29) is 0 Å². The molecule has 2 aliphatic heterocycles. The number of aromatic nitrogens is 1. The number of hydrogen-bond acceptors (Lipinski definition) is 3. The molecular formula is C11H13ClN2O. The Morgan fingerprint density at radius 1 is 1.60 bits per heavy atom. The summed E-state index contributed by atoms with van der Waals surface area (Å²) in [6.45, 7) is 3.88. The van der Waals surface area contributed by atoms with Gasteiger partial charge in [-0.2, -0.15) is 0 Å².